The predicted octanol–water partition coefficient (Wildman–Crippen LogP) is -5.48. The van der Waals surface area contributed by atoms with Crippen LogP contribution in [0.25, 0.3) is 0 Å². The first-order chi connectivity index (χ1) is 4.54. The summed E-state index contributed by atoms with van der Waals surface area (Å²) < 4.78 is 0. The van der Waals surface area contributed by atoms with Crippen LogP contribution < -0.4 is 34.7 Å². The van der Waals surface area contributed by atoms with E-state index >= 15 is 0 Å². The van der Waals surface area contributed by atoms with Gasteiger partial charge in [0.05, 0.1) is 0 Å². The first-order valence-electron chi connectivity index (χ1n) is 2.12. The molecule has 0 saturated heterocycles. The molecule has 0 aliphatic rings. The quantitative estimate of drug-likeness (QED) is 0.403. The number of aliphatic carboxylic acids is 2. The summed E-state index contributed by atoms with van der Waals surface area (Å²) in [6.07, 6.45) is 0. The average Bonchev–Trinajstić information content (AvgIpc) is 1.89. The third-order valence-corrected chi connectivity index (χ3v) is 0.724. The SMILES string of the molecule is O=C(O)C[S-].O=C([O-])C[S-].[Na+].[Sb]. The largest absolute Gasteiger partial charge is 1.00 e. The fourth-order valence-electron chi connectivity index (χ4n) is 0. The molecule has 0 spiro atoms. The van der Waals surface area contributed by atoms with Gasteiger partial charge in [0.2, 0.25) is 0 Å². The van der Waals surface area contributed by atoms with Crippen molar-refractivity contribution in [2.45, 2.75) is 0 Å². The molecule has 0 atom stereocenters. The molecule has 0 aromatic carbocycles. The van der Waals surface area contributed by atoms with Crippen LogP contribution in [0.2, 0.25) is 0 Å². The van der Waals surface area contributed by atoms with E-state index in [1.54, 1.807) is 0 Å². The van der Waals surface area contributed by atoms with Gasteiger partial charge in [-0.2, -0.15) is 0 Å². The van der Waals surface area contributed by atoms with Gasteiger partial charge in [-0.25, -0.2) is 0 Å². The number of carbonyl (C=O) groups excluding carboxylic acids is 1. The fourth-order valence-corrected chi connectivity index (χ4v) is 0. The van der Waals surface area contributed by atoms with Gasteiger partial charge < -0.3 is 40.3 Å². The molecule has 0 saturated carbocycles. The molecule has 0 rings (SSSR count). The van der Waals surface area contributed by atoms with Crippen LogP contribution in [-0.4, -0.2) is 53.0 Å². The van der Waals surface area contributed by atoms with Gasteiger partial charge in [-0.05, 0) is 0 Å². The maximum absolute atomic E-state index is 9.26. The first-order valence-corrected chi connectivity index (χ1v) is 3.28. The Morgan fingerprint density at radius 3 is 1.42 bits per heavy atom. The van der Waals surface area contributed by atoms with Crippen molar-refractivity contribution >= 4 is 61.6 Å². The summed E-state index contributed by atoms with van der Waals surface area (Å²) in [5, 5.41) is 16.8. The summed E-state index contributed by atoms with van der Waals surface area (Å²) in [6, 6.07) is 0. The molecule has 8 heteroatoms. The van der Waals surface area contributed by atoms with E-state index in [4.69, 9.17) is 15.0 Å². The minimum absolute atomic E-state index is 0. The van der Waals surface area contributed by atoms with Gasteiger partial charge in [0.15, 0.2) is 0 Å². The number of hydrogen-bond acceptors (Lipinski definition) is 5. The van der Waals surface area contributed by atoms with Crippen molar-refractivity contribution < 1.29 is 49.4 Å². The first kappa shape index (κ1) is 23.3. The van der Waals surface area contributed by atoms with E-state index in [2.05, 4.69) is 25.3 Å². The van der Waals surface area contributed by atoms with Gasteiger partial charge in [-0.3, -0.25) is 4.79 Å². The number of hydrogen-bond donors (Lipinski definition) is 1. The second-order valence-corrected chi connectivity index (χ2v) is 1.63. The Labute approximate surface area is 121 Å². The van der Waals surface area contributed by atoms with Crippen LogP contribution in [0.3, 0.4) is 0 Å². The van der Waals surface area contributed by atoms with Crippen molar-refractivity contribution in [3.8, 4) is 0 Å². The predicted molar refractivity (Wildman–Crippen MR) is 42.9 cm³/mol. The summed E-state index contributed by atoms with van der Waals surface area (Å²) >= 11 is 8.09. The Kier molecular flexibility index (Phi) is 35.6. The van der Waals surface area contributed by atoms with E-state index in [1.807, 2.05) is 0 Å². The average molecular weight is 326 g/mol. The molecule has 0 heterocycles. The summed E-state index contributed by atoms with van der Waals surface area (Å²) in [6.45, 7) is 0. The molecule has 0 fully saturated rings. The van der Waals surface area contributed by atoms with Gasteiger partial charge in [-0.15, -0.1) is 5.75 Å². The third kappa shape index (κ3) is 42.1. The van der Waals surface area contributed by atoms with E-state index in [9.17, 15) is 4.79 Å². The molecule has 0 amide bonds. The van der Waals surface area contributed by atoms with E-state index < -0.39 is 11.9 Å². The minimum atomic E-state index is -1.18. The van der Waals surface area contributed by atoms with Crippen LogP contribution in [0, 0.1) is 0 Å². The molecule has 0 aromatic heterocycles. The number of carboxylic acid groups (broad SMARTS) is 2. The van der Waals surface area contributed by atoms with Crippen molar-refractivity contribution in [3.63, 3.8) is 0 Å². The van der Waals surface area contributed by atoms with Gasteiger partial charge >= 0.3 is 29.6 Å². The summed E-state index contributed by atoms with van der Waals surface area (Å²) in [7, 11) is 0. The summed E-state index contributed by atoms with van der Waals surface area (Å²) in [5.74, 6) is -2.61. The summed E-state index contributed by atoms with van der Waals surface area (Å²) in [5.41, 5.74) is 0. The molecule has 12 heavy (non-hydrogen) atoms. The van der Waals surface area contributed by atoms with Gasteiger partial charge in [0, 0.05) is 30.4 Å². The number of rotatable bonds is 2. The molecular formula is C4H5NaO4S2Sb-2. The molecule has 65 valence electrons. The van der Waals surface area contributed by atoms with Crippen LogP contribution >= 0.6 is 0 Å². The normalized spacial score (nSPS) is 6.17. The van der Waals surface area contributed by atoms with E-state index in [0.717, 1.165) is 0 Å². The maximum Gasteiger partial charge on any atom is 1.00 e. The van der Waals surface area contributed by atoms with Crippen LogP contribution in [-0.2, 0) is 34.8 Å². The Morgan fingerprint density at radius 2 is 1.42 bits per heavy atom. The monoisotopic (exact) mass is 325 g/mol. The standard InChI is InChI=1S/2C2H4O2S.Na.Sb/c2*3-2(4)1-5;;/h2*5H,1H2,(H,3,4);;/q;;+1;/p-3. The maximum atomic E-state index is 9.26. The van der Waals surface area contributed by atoms with Crippen molar-refractivity contribution in [2.75, 3.05) is 11.5 Å². The third-order valence-electron chi connectivity index (χ3n) is 0.241. The van der Waals surface area contributed by atoms with Crippen molar-refractivity contribution in [2.24, 2.45) is 0 Å². The Bertz CT molecular complexity index is 110. The number of carboxylic acids is 2. The zero-order valence-electron chi connectivity index (χ0n) is 6.35. The molecule has 0 aliphatic carbocycles. The van der Waals surface area contributed by atoms with Crippen molar-refractivity contribution in [3.05, 3.63) is 0 Å². The summed E-state index contributed by atoms with van der Waals surface area (Å²) in [4.78, 5) is 18.4. The van der Waals surface area contributed by atoms with Crippen LogP contribution in [0.15, 0.2) is 0 Å². The molecule has 0 aliphatic heterocycles. The molecule has 0 aromatic rings. The van der Waals surface area contributed by atoms with Gasteiger partial charge in [0.1, 0.15) is 0 Å². The van der Waals surface area contributed by atoms with Crippen LogP contribution in [0.4, 0.5) is 0 Å². The second-order valence-electron chi connectivity index (χ2n) is 1.05. The number of carbonyl (C=O) groups is 2. The Balaban J connectivity index is -0.0000000457. The molecule has 3 radical (unpaired) electrons. The van der Waals surface area contributed by atoms with E-state index in [0.29, 0.717) is 0 Å². The van der Waals surface area contributed by atoms with Crippen LogP contribution in [0.1, 0.15) is 0 Å². The molecule has 4 nitrogen and oxygen atoms in total. The molecule has 0 unspecified atom stereocenters. The van der Waals surface area contributed by atoms with Gasteiger partial charge in [0.25, 0.3) is 5.97 Å². The topological polar surface area (TPSA) is 77.4 Å². The second kappa shape index (κ2) is 18.3. The Morgan fingerprint density at radius 1 is 1.25 bits per heavy atom. The molecular weight excluding hydrogens is 321 g/mol. The van der Waals surface area contributed by atoms with Gasteiger partial charge in [-0.1, -0.05) is 5.75 Å². The van der Waals surface area contributed by atoms with E-state index in [1.165, 1.54) is 0 Å². The molecule has 1 N–H and O–H groups in total. The minimum Gasteiger partial charge on any atom is -0.787 e. The zero-order valence-corrected chi connectivity index (χ0v) is 12.5. The fraction of sp³-hybridized carbons (Fsp3) is 0.500. The van der Waals surface area contributed by atoms with Crippen molar-refractivity contribution in [1.29, 1.82) is 0 Å². The Hall–Kier alpha value is 1.46. The van der Waals surface area contributed by atoms with Crippen molar-refractivity contribution in [1.82, 2.24) is 0 Å². The van der Waals surface area contributed by atoms with Crippen LogP contribution in [0.5, 0.6) is 0 Å². The van der Waals surface area contributed by atoms with E-state index in [-0.39, 0.29) is 65.5 Å². The molecule has 0 bridgehead atoms. The zero-order chi connectivity index (χ0) is 8.57. The smallest absolute Gasteiger partial charge is 0.787 e.